The Kier molecular flexibility index (Phi) is 5.07. The number of rotatable bonds is 5. The fourth-order valence-corrected chi connectivity index (χ4v) is 4.38. The molecule has 2 aromatic rings. The molecule has 2 fully saturated rings. The maximum absolute atomic E-state index is 12.8. The van der Waals surface area contributed by atoms with Crippen LogP contribution in [0.25, 0.3) is 0 Å². The Labute approximate surface area is 158 Å². The minimum absolute atomic E-state index is 0.113. The predicted octanol–water partition coefficient (Wildman–Crippen LogP) is 3.20. The number of hydrogen-bond acceptors (Lipinski definition) is 3. The molecule has 1 aliphatic carbocycles. The van der Waals surface area contributed by atoms with Gasteiger partial charge in [-0.1, -0.05) is 36.4 Å². The normalized spacial score (nSPS) is 22.8. The summed E-state index contributed by atoms with van der Waals surface area (Å²) in [4.78, 5) is 28.5. The van der Waals surface area contributed by atoms with Crippen LogP contribution in [0.3, 0.4) is 0 Å². The molecule has 0 spiro atoms. The molecule has 1 N–H and O–H groups in total. The number of nitrogens with one attached hydrogen (secondary N) is 1. The highest BCUT2D eigenvalue weighted by Crippen LogP contribution is 2.32. The first-order valence-electron chi connectivity index (χ1n) is 9.34. The number of amides is 2. The van der Waals surface area contributed by atoms with E-state index in [1.807, 2.05) is 40.6 Å². The highest BCUT2D eigenvalue weighted by atomic mass is 32.1. The number of carbonyl (C=O) groups excluding carboxylic acids is 2. The van der Waals surface area contributed by atoms with Gasteiger partial charge in [-0.3, -0.25) is 9.59 Å². The molecule has 136 valence electrons. The molecule has 0 radical (unpaired) electrons. The summed E-state index contributed by atoms with van der Waals surface area (Å²) >= 11 is 1.61. The first-order chi connectivity index (χ1) is 12.7. The second kappa shape index (κ2) is 7.62. The van der Waals surface area contributed by atoms with Gasteiger partial charge in [-0.25, -0.2) is 0 Å². The van der Waals surface area contributed by atoms with Crippen molar-refractivity contribution in [3.63, 3.8) is 0 Å². The van der Waals surface area contributed by atoms with Crippen LogP contribution in [-0.4, -0.2) is 35.8 Å². The molecule has 2 aliphatic rings. The average Bonchev–Trinajstić information content (AvgIpc) is 3.34. The van der Waals surface area contributed by atoms with Gasteiger partial charge in [-0.15, -0.1) is 11.3 Å². The van der Waals surface area contributed by atoms with E-state index in [4.69, 9.17) is 0 Å². The van der Waals surface area contributed by atoms with Gasteiger partial charge in [-0.2, -0.15) is 0 Å². The minimum atomic E-state index is -0.123. The average molecular weight is 369 g/mol. The molecule has 2 unspecified atom stereocenters. The molecule has 1 aromatic heterocycles. The van der Waals surface area contributed by atoms with Gasteiger partial charge in [0.2, 0.25) is 11.8 Å². The van der Waals surface area contributed by atoms with Crippen molar-refractivity contribution in [2.24, 2.45) is 5.92 Å². The van der Waals surface area contributed by atoms with Crippen molar-refractivity contribution in [1.29, 1.82) is 0 Å². The second-order valence-corrected chi connectivity index (χ2v) is 8.41. The Morgan fingerprint density at radius 3 is 2.58 bits per heavy atom. The number of thiophene rings is 1. The minimum Gasteiger partial charge on any atom is -0.353 e. The van der Waals surface area contributed by atoms with E-state index < -0.39 is 0 Å². The van der Waals surface area contributed by atoms with Crippen LogP contribution in [0.1, 0.15) is 35.6 Å². The summed E-state index contributed by atoms with van der Waals surface area (Å²) in [7, 11) is 0. The maximum atomic E-state index is 12.8. The van der Waals surface area contributed by atoms with Crippen molar-refractivity contribution in [3.05, 3.63) is 58.3 Å². The number of hydrogen-bond donors (Lipinski definition) is 1. The van der Waals surface area contributed by atoms with E-state index in [0.717, 1.165) is 24.1 Å². The van der Waals surface area contributed by atoms with Gasteiger partial charge in [0.1, 0.15) is 0 Å². The monoisotopic (exact) mass is 368 g/mol. The Morgan fingerprint density at radius 1 is 1.08 bits per heavy atom. The third-order valence-corrected chi connectivity index (χ3v) is 6.15. The zero-order valence-electron chi connectivity index (χ0n) is 14.8. The number of nitrogens with zero attached hydrogens (tertiary/aromatic N) is 1. The lowest BCUT2D eigenvalue weighted by molar-refractivity contribution is -0.135. The van der Waals surface area contributed by atoms with E-state index in [-0.39, 0.29) is 23.7 Å². The molecular weight excluding hydrogens is 344 g/mol. The van der Waals surface area contributed by atoms with Gasteiger partial charge in [0.25, 0.3) is 0 Å². The molecule has 0 bridgehead atoms. The highest BCUT2D eigenvalue weighted by molar-refractivity contribution is 7.10. The molecule has 2 amide bonds. The molecule has 2 heterocycles. The van der Waals surface area contributed by atoms with Crippen LogP contribution in [0.15, 0.2) is 47.8 Å². The van der Waals surface area contributed by atoms with E-state index in [9.17, 15) is 9.59 Å². The summed E-state index contributed by atoms with van der Waals surface area (Å²) in [6, 6.07) is 14.6. The lowest BCUT2D eigenvalue weighted by atomic mass is 9.84. The van der Waals surface area contributed by atoms with Crippen LogP contribution in [0.2, 0.25) is 0 Å². The van der Waals surface area contributed by atoms with Crippen molar-refractivity contribution >= 4 is 23.2 Å². The van der Waals surface area contributed by atoms with Crippen LogP contribution in [0.4, 0.5) is 0 Å². The SMILES string of the molecule is O=C(NC1CC1)C1CC(c2ccccc2)CN(C(=O)Cc2cccs2)C1. The number of benzene rings is 1. The molecule has 1 saturated heterocycles. The summed E-state index contributed by atoms with van der Waals surface area (Å²) in [6.45, 7) is 1.23. The summed E-state index contributed by atoms with van der Waals surface area (Å²) in [5.74, 6) is 0.327. The quantitative estimate of drug-likeness (QED) is 0.881. The molecule has 4 rings (SSSR count). The third-order valence-electron chi connectivity index (χ3n) is 5.27. The van der Waals surface area contributed by atoms with Crippen LogP contribution in [0.5, 0.6) is 0 Å². The van der Waals surface area contributed by atoms with E-state index in [1.165, 1.54) is 5.56 Å². The van der Waals surface area contributed by atoms with Crippen LogP contribution in [0, 0.1) is 5.92 Å². The van der Waals surface area contributed by atoms with Crippen molar-refractivity contribution in [1.82, 2.24) is 10.2 Å². The molecule has 2 atom stereocenters. The molecule has 1 aromatic carbocycles. The fourth-order valence-electron chi connectivity index (χ4n) is 3.68. The molecule has 1 saturated carbocycles. The standard InChI is InChI=1S/C21H24N2O2S/c24-20(12-19-7-4-10-26-19)23-13-16(15-5-2-1-3-6-15)11-17(14-23)21(25)22-18-8-9-18/h1-7,10,16-18H,8-9,11-14H2,(H,22,25). The first-order valence-corrected chi connectivity index (χ1v) is 10.2. The smallest absolute Gasteiger partial charge is 0.227 e. The van der Waals surface area contributed by atoms with Gasteiger partial charge in [0.05, 0.1) is 12.3 Å². The first kappa shape index (κ1) is 17.3. The van der Waals surface area contributed by atoms with Crippen molar-refractivity contribution < 1.29 is 9.59 Å². The van der Waals surface area contributed by atoms with Crippen LogP contribution >= 0.6 is 11.3 Å². The molecule has 5 heteroatoms. The fraction of sp³-hybridized carbons (Fsp3) is 0.429. The Bertz CT molecular complexity index is 756. The van der Waals surface area contributed by atoms with Gasteiger partial charge >= 0.3 is 0 Å². The highest BCUT2D eigenvalue weighted by Gasteiger charge is 2.36. The number of likely N-dealkylation sites (tertiary alicyclic amines) is 1. The van der Waals surface area contributed by atoms with Gasteiger partial charge in [0, 0.05) is 29.9 Å². The van der Waals surface area contributed by atoms with Gasteiger partial charge in [0.15, 0.2) is 0 Å². The van der Waals surface area contributed by atoms with E-state index in [1.54, 1.807) is 11.3 Å². The summed E-state index contributed by atoms with van der Waals surface area (Å²) in [5.41, 5.74) is 1.21. The van der Waals surface area contributed by atoms with Crippen molar-refractivity contribution in [3.8, 4) is 0 Å². The molecule has 26 heavy (non-hydrogen) atoms. The molecule has 4 nitrogen and oxygen atoms in total. The number of carbonyl (C=O) groups is 2. The van der Waals surface area contributed by atoms with Gasteiger partial charge in [-0.05, 0) is 36.3 Å². The zero-order valence-corrected chi connectivity index (χ0v) is 15.6. The third kappa shape index (κ3) is 4.15. The summed E-state index contributed by atoms with van der Waals surface area (Å²) in [6.07, 6.45) is 3.41. The van der Waals surface area contributed by atoms with Gasteiger partial charge < -0.3 is 10.2 Å². The molecular formula is C21H24N2O2S. The molecule has 1 aliphatic heterocycles. The lowest BCUT2D eigenvalue weighted by Gasteiger charge is -2.37. The maximum Gasteiger partial charge on any atom is 0.227 e. The van der Waals surface area contributed by atoms with Crippen LogP contribution < -0.4 is 5.32 Å². The lowest BCUT2D eigenvalue weighted by Crippen LogP contribution is -2.48. The summed E-state index contributed by atoms with van der Waals surface area (Å²) in [5, 5.41) is 5.12. The van der Waals surface area contributed by atoms with Crippen molar-refractivity contribution in [2.75, 3.05) is 13.1 Å². The number of piperidine rings is 1. The topological polar surface area (TPSA) is 49.4 Å². The van der Waals surface area contributed by atoms with E-state index in [2.05, 4.69) is 17.4 Å². The zero-order chi connectivity index (χ0) is 17.9. The predicted molar refractivity (Wildman–Crippen MR) is 103 cm³/mol. The largest absolute Gasteiger partial charge is 0.353 e. The Hall–Kier alpha value is -2.14. The van der Waals surface area contributed by atoms with Crippen molar-refractivity contribution in [2.45, 2.75) is 37.6 Å². The van der Waals surface area contributed by atoms with E-state index >= 15 is 0 Å². The Balaban J connectivity index is 1.50. The Morgan fingerprint density at radius 2 is 1.88 bits per heavy atom. The van der Waals surface area contributed by atoms with E-state index in [0.29, 0.717) is 25.6 Å². The second-order valence-electron chi connectivity index (χ2n) is 7.38. The summed E-state index contributed by atoms with van der Waals surface area (Å²) < 4.78 is 0. The van der Waals surface area contributed by atoms with Crippen LogP contribution in [-0.2, 0) is 16.0 Å².